The Bertz CT molecular complexity index is 449. The van der Waals surface area contributed by atoms with Gasteiger partial charge in [0, 0.05) is 20.3 Å². The smallest absolute Gasteiger partial charge is 0.113 e. The summed E-state index contributed by atoms with van der Waals surface area (Å²) in [5.41, 5.74) is 3.04. The van der Waals surface area contributed by atoms with Crippen LogP contribution in [0.25, 0.3) is 11.0 Å². The van der Waals surface area contributed by atoms with Gasteiger partial charge in [0.15, 0.2) is 0 Å². The number of H-pyrrole nitrogens is 1. The molecule has 1 heterocycles. The van der Waals surface area contributed by atoms with E-state index in [0.717, 1.165) is 37.2 Å². The largest absolute Gasteiger partial charge is 0.385 e. The topological polar surface area (TPSA) is 62.8 Å². The fraction of sp³-hybridized carbons (Fsp3) is 0.455. The van der Waals surface area contributed by atoms with E-state index in [1.807, 2.05) is 12.1 Å². The monoisotopic (exact) mass is 292 g/mol. The third-order valence-electron chi connectivity index (χ3n) is 2.41. The van der Waals surface area contributed by atoms with Crippen molar-refractivity contribution in [2.75, 3.05) is 20.3 Å². The van der Waals surface area contributed by atoms with Crippen LogP contribution in [0.15, 0.2) is 18.2 Å². The van der Waals surface area contributed by atoms with Gasteiger partial charge in [-0.05, 0) is 30.7 Å². The predicted octanol–water partition coefficient (Wildman–Crippen LogP) is 1.93. The van der Waals surface area contributed by atoms with Gasteiger partial charge in [0.1, 0.15) is 11.0 Å². The lowest BCUT2D eigenvalue weighted by Gasteiger charge is -2.04. The molecule has 0 bridgehead atoms. The predicted molar refractivity (Wildman–Crippen MR) is 76.6 cm³/mol. The summed E-state index contributed by atoms with van der Waals surface area (Å²) in [6.45, 7) is 2.62. The van der Waals surface area contributed by atoms with Crippen molar-refractivity contribution >= 4 is 35.8 Å². The average Bonchev–Trinajstić information content (AvgIpc) is 2.76. The van der Waals surface area contributed by atoms with Gasteiger partial charge in [0.25, 0.3) is 0 Å². The maximum absolute atomic E-state index is 4.98. The third kappa shape index (κ3) is 4.78. The standard InChI is InChI=1S/C11H16N4O.2ClH/c1-16-6-2-5-12-8-9-3-4-10-11(7-9)14-15-13-10;;/h3-4,7,12H,2,5-6,8H2,1H3,(H,13,14,15);2*1H. The lowest BCUT2D eigenvalue weighted by atomic mass is 10.2. The first-order valence-electron chi connectivity index (χ1n) is 5.39. The molecule has 0 unspecified atom stereocenters. The Morgan fingerprint density at radius 2 is 2.00 bits per heavy atom. The summed E-state index contributed by atoms with van der Waals surface area (Å²) in [5.74, 6) is 0. The minimum Gasteiger partial charge on any atom is -0.385 e. The van der Waals surface area contributed by atoms with Crippen molar-refractivity contribution in [1.29, 1.82) is 0 Å². The van der Waals surface area contributed by atoms with E-state index < -0.39 is 0 Å². The quantitative estimate of drug-likeness (QED) is 0.799. The number of hydrogen-bond donors (Lipinski definition) is 2. The Hall–Kier alpha value is -0.880. The number of ether oxygens (including phenoxy) is 1. The number of aromatic amines is 1. The summed E-state index contributed by atoms with van der Waals surface area (Å²) >= 11 is 0. The second-order valence-corrected chi connectivity index (χ2v) is 3.67. The van der Waals surface area contributed by atoms with E-state index >= 15 is 0 Å². The molecule has 2 N–H and O–H groups in total. The minimum absolute atomic E-state index is 0. The van der Waals surface area contributed by atoms with Crippen LogP contribution >= 0.6 is 24.8 Å². The van der Waals surface area contributed by atoms with Crippen LogP contribution in [-0.4, -0.2) is 35.7 Å². The van der Waals surface area contributed by atoms with Gasteiger partial charge in [-0.3, -0.25) is 0 Å². The van der Waals surface area contributed by atoms with E-state index in [9.17, 15) is 0 Å². The maximum Gasteiger partial charge on any atom is 0.113 e. The number of halogens is 2. The first-order chi connectivity index (χ1) is 7.90. The summed E-state index contributed by atoms with van der Waals surface area (Å²) in [4.78, 5) is 0. The van der Waals surface area contributed by atoms with Crippen molar-refractivity contribution in [3.8, 4) is 0 Å². The van der Waals surface area contributed by atoms with Gasteiger partial charge in [0.05, 0.1) is 0 Å². The lowest BCUT2D eigenvalue weighted by molar-refractivity contribution is 0.194. The summed E-state index contributed by atoms with van der Waals surface area (Å²) in [6, 6.07) is 6.08. The molecule has 1 aromatic heterocycles. The molecule has 0 saturated carbocycles. The summed E-state index contributed by atoms with van der Waals surface area (Å²) < 4.78 is 4.98. The highest BCUT2D eigenvalue weighted by atomic mass is 35.5. The molecule has 0 radical (unpaired) electrons. The molecule has 0 aliphatic heterocycles. The zero-order valence-electron chi connectivity index (χ0n) is 10.2. The number of methoxy groups -OCH3 is 1. The van der Waals surface area contributed by atoms with Gasteiger partial charge >= 0.3 is 0 Å². The van der Waals surface area contributed by atoms with Crippen molar-refractivity contribution in [3.63, 3.8) is 0 Å². The molecule has 18 heavy (non-hydrogen) atoms. The molecule has 0 spiro atoms. The molecular weight excluding hydrogens is 275 g/mol. The normalized spacial score (nSPS) is 9.83. The highest BCUT2D eigenvalue weighted by molar-refractivity contribution is 5.85. The Morgan fingerprint density at radius 3 is 2.78 bits per heavy atom. The molecular formula is C11H18Cl2N4O. The molecule has 7 heteroatoms. The van der Waals surface area contributed by atoms with Gasteiger partial charge < -0.3 is 10.1 Å². The SMILES string of the molecule is COCCCNCc1ccc2n[nH]nc2c1.Cl.Cl. The summed E-state index contributed by atoms with van der Waals surface area (Å²) in [6.07, 6.45) is 1.03. The molecule has 0 saturated heterocycles. The molecule has 2 aromatic rings. The van der Waals surface area contributed by atoms with E-state index in [1.54, 1.807) is 7.11 Å². The second-order valence-electron chi connectivity index (χ2n) is 3.67. The van der Waals surface area contributed by atoms with Crippen LogP contribution in [0, 0.1) is 0 Å². The van der Waals surface area contributed by atoms with Crippen LogP contribution in [0.4, 0.5) is 0 Å². The zero-order chi connectivity index (χ0) is 11.2. The van der Waals surface area contributed by atoms with E-state index in [-0.39, 0.29) is 24.8 Å². The van der Waals surface area contributed by atoms with Crippen LogP contribution < -0.4 is 5.32 Å². The van der Waals surface area contributed by atoms with Crippen molar-refractivity contribution in [1.82, 2.24) is 20.7 Å². The fourth-order valence-corrected chi connectivity index (χ4v) is 1.57. The summed E-state index contributed by atoms with van der Waals surface area (Å²) in [5, 5.41) is 14.0. The fourth-order valence-electron chi connectivity index (χ4n) is 1.57. The Morgan fingerprint density at radius 1 is 1.22 bits per heavy atom. The number of hydrogen-bond acceptors (Lipinski definition) is 4. The molecule has 0 atom stereocenters. The maximum atomic E-state index is 4.98. The van der Waals surface area contributed by atoms with Crippen molar-refractivity contribution in [2.45, 2.75) is 13.0 Å². The number of benzene rings is 1. The molecule has 0 amide bonds. The first-order valence-corrected chi connectivity index (χ1v) is 5.39. The summed E-state index contributed by atoms with van der Waals surface area (Å²) in [7, 11) is 1.72. The molecule has 0 fully saturated rings. The first kappa shape index (κ1) is 17.1. The van der Waals surface area contributed by atoms with Crippen molar-refractivity contribution in [2.24, 2.45) is 0 Å². The van der Waals surface area contributed by atoms with Crippen LogP contribution in [0.3, 0.4) is 0 Å². The van der Waals surface area contributed by atoms with Gasteiger partial charge in [-0.1, -0.05) is 6.07 Å². The van der Waals surface area contributed by atoms with Gasteiger partial charge in [-0.15, -0.1) is 24.8 Å². The highest BCUT2D eigenvalue weighted by Crippen LogP contribution is 2.09. The molecule has 2 rings (SSSR count). The molecule has 0 aliphatic rings. The highest BCUT2D eigenvalue weighted by Gasteiger charge is 1.99. The van der Waals surface area contributed by atoms with Gasteiger partial charge in [0.2, 0.25) is 0 Å². The molecule has 5 nitrogen and oxygen atoms in total. The van der Waals surface area contributed by atoms with Gasteiger partial charge in [-0.25, -0.2) is 0 Å². The molecule has 1 aromatic carbocycles. The lowest BCUT2D eigenvalue weighted by Crippen LogP contribution is -2.15. The van der Waals surface area contributed by atoms with Crippen LogP contribution in [0.5, 0.6) is 0 Å². The minimum atomic E-state index is 0. The van der Waals surface area contributed by atoms with Crippen molar-refractivity contribution in [3.05, 3.63) is 23.8 Å². The van der Waals surface area contributed by atoms with E-state index in [0.29, 0.717) is 0 Å². The second kappa shape index (κ2) is 9.10. The van der Waals surface area contributed by atoms with Gasteiger partial charge in [-0.2, -0.15) is 15.4 Å². The number of aromatic nitrogens is 3. The molecule has 0 aliphatic carbocycles. The Kier molecular flexibility index (Phi) is 8.66. The van der Waals surface area contributed by atoms with E-state index in [4.69, 9.17) is 4.74 Å². The van der Waals surface area contributed by atoms with Crippen LogP contribution in [0.1, 0.15) is 12.0 Å². The third-order valence-corrected chi connectivity index (χ3v) is 2.41. The number of nitrogens with one attached hydrogen (secondary N) is 2. The van der Waals surface area contributed by atoms with Crippen molar-refractivity contribution < 1.29 is 4.74 Å². The van der Waals surface area contributed by atoms with Crippen LogP contribution in [-0.2, 0) is 11.3 Å². The number of nitrogens with zero attached hydrogens (tertiary/aromatic N) is 2. The van der Waals surface area contributed by atoms with E-state index in [2.05, 4.69) is 26.8 Å². The molecule has 102 valence electrons. The average molecular weight is 293 g/mol. The zero-order valence-corrected chi connectivity index (χ0v) is 11.8. The number of rotatable bonds is 6. The van der Waals surface area contributed by atoms with E-state index in [1.165, 1.54) is 5.56 Å². The number of fused-ring (bicyclic) bond motifs is 1. The Balaban J connectivity index is 0.00000144. The van der Waals surface area contributed by atoms with Crippen LogP contribution in [0.2, 0.25) is 0 Å². The Labute approximate surface area is 118 Å².